The van der Waals surface area contributed by atoms with Crippen molar-refractivity contribution in [1.29, 1.82) is 0 Å². The molecule has 0 aliphatic heterocycles. The molecule has 0 spiro atoms. The van der Waals surface area contributed by atoms with Gasteiger partial charge in [0.1, 0.15) is 11.3 Å². The minimum absolute atomic E-state index is 0.0163. The van der Waals surface area contributed by atoms with E-state index in [0.29, 0.717) is 17.4 Å². The van der Waals surface area contributed by atoms with Crippen LogP contribution in [0.3, 0.4) is 0 Å². The highest BCUT2D eigenvalue weighted by Crippen LogP contribution is 2.25. The predicted octanol–water partition coefficient (Wildman–Crippen LogP) is 0.894. The number of hydrazone groups is 1. The number of rotatable bonds is 3. The number of benzene rings is 1. The zero-order chi connectivity index (χ0) is 14.7. The van der Waals surface area contributed by atoms with Crippen LogP contribution < -0.4 is 16.7 Å². The van der Waals surface area contributed by atoms with Crippen molar-refractivity contribution in [3.63, 3.8) is 0 Å². The summed E-state index contributed by atoms with van der Waals surface area (Å²) in [6.45, 7) is 2.35. The third-order valence-corrected chi connectivity index (χ3v) is 2.96. The van der Waals surface area contributed by atoms with Crippen molar-refractivity contribution >= 4 is 34.4 Å². The van der Waals surface area contributed by atoms with Gasteiger partial charge in [-0.1, -0.05) is 12.1 Å². The number of hydrogen-bond donors (Lipinski definition) is 3. The van der Waals surface area contributed by atoms with Gasteiger partial charge in [-0.2, -0.15) is 5.10 Å². The van der Waals surface area contributed by atoms with E-state index in [0.717, 1.165) is 0 Å². The van der Waals surface area contributed by atoms with Crippen molar-refractivity contribution in [1.82, 2.24) is 9.99 Å². The summed E-state index contributed by atoms with van der Waals surface area (Å²) in [7, 11) is 0. The van der Waals surface area contributed by atoms with Gasteiger partial charge in [-0.25, -0.2) is 0 Å². The van der Waals surface area contributed by atoms with Crippen molar-refractivity contribution in [3.8, 4) is 5.75 Å². The van der Waals surface area contributed by atoms with Crippen LogP contribution in [0.2, 0.25) is 0 Å². The first-order chi connectivity index (χ1) is 9.56. The van der Waals surface area contributed by atoms with E-state index in [1.807, 2.05) is 13.0 Å². The molecule has 2 rings (SSSR count). The fourth-order valence-electron chi connectivity index (χ4n) is 2.00. The summed E-state index contributed by atoms with van der Waals surface area (Å²) in [5, 5.41) is 14.5. The van der Waals surface area contributed by atoms with E-state index in [1.165, 1.54) is 6.21 Å². The van der Waals surface area contributed by atoms with Crippen LogP contribution in [0.15, 0.2) is 34.2 Å². The molecule has 2 aromatic rings. The number of nitrogens with zero attached hydrogens (tertiary/aromatic N) is 2. The molecule has 0 radical (unpaired) electrons. The Bertz CT molecular complexity index is 752. The molecule has 4 N–H and O–H groups in total. The minimum Gasteiger partial charge on any atom is -0.506 e. The summed E-state index contributed by atoms with van der Waals surface area (Å²) in [6.07, 6.45) is 1.22. The normalized spacial score (nSPS) is 11.1. The van der Waals surface area contributed by atoms with Crippen molar-refractivity contribution in [3.05, 3.63) is 40.2 Å². The van der Waals surface area contributed by atoms with E-state index in [-0.39, 0.29) is 22.0 Å². The summed E-state index contributed by atoms with van der Waals surface area (Å²) in [4.78, 5) is 12.3. The fraction of sp³-hybridized carbons (Fsp3) is 0.154. The molecule has 0 aliphatic rings. The Hall–Kier alpha value is -2.41. The molecule has 1 heterocycles. The molecule has 1 aromatic carbocycles. The van der Waals surface area contributed by atoms with Crippen LogP contribution in [0.1, 0.15) is 12.5 Å². The van der Waals surface area contributed by atoms with Gasteiger partial charge < -0.3 is 15.4 Å². The molecule has 0 fully saturated rings. The molecule has 6 nitrogen and oxygen atoms in total. The molecule has 104 valence electrons. The maximum Gasteiger partial charge on any atom is 0.263 e. The second kappa shape index (κ2) is 5.70. The number of aryl methyl sites for hydroxylation is 1. The second-order valence-electron chi connectivity index (χ2n) is 4.06. The van der Waals surface area contributed by atoms with Gasteiger partial charge in [0, 0.05) is 11.9 Å². The lowest BCUT2D eigenvalue weighted by Gasteiger charge is -2.11. The maximum absolute atomic E-state index is 12.3. The standard InChI is InChI=1S/C13H14N4O2S/c1-2-17-10-6-4-3-5-8(10)11(18)9(12(17)19)7-15-16-13(14)20/h3-7,18H,2H2,1H3,(H3,14,16,20)/b15-7-. The Labute approximate surface area is 120 Å². The first-order valence-corrected chi connectivity index (χ1v) is 6.40. The van der Waals surface area contributed by atoms with Crippen LogP contribution in [0.4, 0.5) is 0 Å². The molecule has 0 atom stereocenters. The number of aromatic hydroxyl groups is 1. The van der Waals surface area contributed by atoms with Gasteiger partial charge in [0.15, 0.2) is 5.11 Å². The van der Waals surface area contributed by atoms with E-state index in [2.05, 4.69) is 22.7 Å². The molecule has 1 aromatic heterocycles. The molecule has 0 saturated carbocycles. The predicted molar refractivity (Wildman–Crippen MR) is 83.1 cm³/mol. The molecular formula is C13H14N4O2S. The highest BCUT2D eigenvalue weighted by Gasteiger charge is 2.13. The average Bonchev–Trinajstić information content (AvgIpc) is 2.43. The van der Waals surface area contributed by atoms with Crippen LogP contribution in [-0.2, 0) is 6.54 Å². The van der Waals surface area contributed by atoms with Crippen molar-refractivity contribution in [2.45, 2.75) is 13.5 Å². The van der Waals surface area contributed by atoms with Crippen molar-refractivity contribution < 1.29 is 5.11 Å². The molecule has 0 unspecified atom stereocenters. The lowest BCUT2D eigenvalue weighted by Crippen LogP contribution is -2.26. The quantitative estimate of drug-likeness (QED) is 0.443. The summed E-state index contributed by atoms with van der Waals surface area (Å²) in [5.41, 5.74) is 8.04. The van der Waals surface area contributed by atoms with E-state index < -0.39 is 0 Å². The molecule has 0 saturated heterocycles. The maximum atomic E-state index is 12.3. The second-order valence-corrected chi connectivity index (χ2v) is 4.50. The van der Waals surface area contributed by atoms with Gasteiger partial charge in [0.05, 0.1) is 11.7 Å². The monoisotopic (exact) mass is 290 g/mol. The van der Waals surface area contributed by atoms with Gasteiger partial charge in [-0.3, -0.25) is 10.2 Å². The van der Waals surface area contributed by atoms with E-state index in [1.54, 1.807) is 22.8 Å². The fourth-order valence-corrected chi connectivity index (χ4v) is 2.05. The Morgan fingerprint density at radius 3 is 2.90 bits per heavy atom. The van der Waals surface area contributed by atoms with Crippen LogP contribution in [0.5, 0.6) is 5.75 Å². The largest absolute Gasteiger partial charge is 0.506 e. The molecule has 20 heavy (non-hydrogen) atoms. The van der Waals surface area contributed by atoms with Crippen LogP contribution in [0.25, 0.3) is 10.9 Å². The number of pyridine rings is 1. The van der Waals surface area contributed by atoms with Crippen LogP contribution in [0, 0.1) is 0 Å². The Balaban J connectivity index is 2.69. The van der Waals surface area contributed by atoms with Crippen molar-refractivity contribution in [2.75, 3.05) is 0 Å². The summed E-state index contributed by atoms with van der Waals surface area (Å²) < 4.78 is 1.57. The minimum atomic E-state index is -0.322. The smallest absolute Gasteiger partial charge is 0.263 e. The third kappa shape index (κ3) is 2.48. The Kier molecular flexibility index (Phi) is 3.99. The number of thiocarbonyl (C=S) groups is 1. The number of nitrogens with two attached hydrogens (primary N) is 1. The van der Waals surface area contributed by atoms with Gasteiger partial charge in [-0.15, -0.1) is 0 Å². The summed E-state index contributed by atoms with van der Waals surface area (Å²) in [6, 6.07) is 7.14. The van der Waals surface area contributed by atoms with E-state index >= 15 is 0 Å². The zero-order valence-corrected chi connectivity index (χ0v) is 11.6. The first-order valence-electron chi connectivity index (χ1n) is 5.99. The first kappa shape index (κ1) is 14.0. The highest BCUT2D eigenvalue weighted by molar-refractivity contribution is 7.80. The summed E-state index contributed by atoms with van der Waals surface area (Å²) in [5.74, 6) is -0.108. The van der Waals surface area contributed by atoms with Crippen molar-refractivity contribution in [2.24, 2.45) is 10.8 Å². The van der Waals surface area contributed by atoms with Gasteiger partial charge >= 0.3 is 0 Å². The molecular weight excluding hydrogens is 276 g/mol. The number of para-hydroxylation sites is 1. The third-order valence-electron chi connectivity index (χ3n) is 2.87. The number of hydrogen-bond acceptors (Lipinski definition) is 4. The highest BCUT2D eigenvalue weighted by atomic mass is 32.1. The number of aromatic nitrogens is 1. The zero-order valence-electron chi connectivity index (χ0n) is 10.8. The SMILES string of the molecule is CCn1c(=O)c(/C=N\NC(N)=S)c(O)c2ccccc21. The van der Waals surface area contributed by atoms with Crippen LogP contribution >= 0.6 is 12.2 Å². The summed E-state index contributed by atoms with van der Waals surface area (Å²) >= 11 is 4.61. The lowest BCUT2D eigenvalue weighted by atomic mass is 10.1. The van der Waals surface area contributed by atoms with Gasteiger partial charge in [-0.05, 0) is 31.3 Å². The Morgan fingerprint density at radius 2 is 2.25 bits per heavy atom. The van der Waals surface area contributed by atoms with E-state index in [4.69, 9.17) is 5.73 Å². The van der Waals surface area contributed by atoms with E-state index in [9.17, 15) is 9.90 Å². The number of nitrogens with one attached hydrogen (secondary N) is 1. The van der Waals surface area contributed by atoms with Crippen LogP contribution in [-0.4, -0.2) is 21.0 Å². The molecule has 0 amide bonds. The molecule has 7 heteroatoms. The van der Waals surface area contributed by atoms with Gasteiger partial charge in [0.2, 0.25) is 0 Å². The number of fused-ring (bicyclic) bond motifs is 1. The average molecular weight is 290 g/mol. The van der Waals surface area contributed by atoms with Gasteiger partial charge in [0.25, 0.3) is 5.56 Å². The topological polar surface area (TPSA) is 92.6 Å². The Morgan fingerprint density at radius 1 is 1.55 bits per heavy atom. The molecule has 0 aliphatic carbocycles. The molecule has 0 bridgehead atoms. The lowest BCUT2D eigenvalue weighted by molar-refractivity contribution is 0.478.